The van der Waals surface area contributed by atoms with Gasteiger partial charge in [-0.1, -0.05) is 31.2 Å². The molecule has 3 aliphatic carbocycles. The molecule has 58 valence electrons. The summed E-state index contributed by atoms with van der Waals surface area (Å²) in [4.78, 5) is 0. The molecule has 2 bridgehead atoms. The maximum absolute atomic E-state index is 2.46. The molecule has 3 aliphatic rings. The lowest BCUT2D eigenvalue weighted by Gasteiger charge is -2.28. The molecule has 11 heavy (non-hydrogen) atoms. The molecule has 0 nitrogen and oxygen atoms in total. The average Bonchev–Trinajstić information content (AvgIpc) is 2.53. The van der Waals surface area contributed by atoms with Crippen molar-refractivity contribution < 1.29 is 0 Å². The van der Waals surface area contributed by atoms with E-state index in [2.05, 4.69) is 31.2 Å². The summed E-state index contributed by atoms with van der Waals surface area (Å²) in [5, 5.41) is 0. The highest BCUT2D eigenvalue weighted by Gasteiger charge is 2.51. The van der Waals surface area contributed by atoms with Gasteiger partial charge in [0, 0.05) is 0 Å². The van der Waals surface area contributed by atoms with E-state index in [0.717, 1.165) is 17.8 Å². The maximum atomic E-state index is 2.46. The first kappa shape index (κ1) is 6.05. The lowest BCUT2D eigenvalue weighted by molar-refractivity contribution is 0.288. The van der Waals surface area contributed by atoms with Gasteiger partial charge in [-0.2, -0.15) is 0 Å². The summed E-state index contributed by atoms with van der Waals surface area (Å²) < 4.78 is 0. The molecule has 4 atom stereocenters. The van der Waals surface area contributed by atoms with E-state index in [1.807, 2.05) is 0 Å². The number of hydrogen-bond donors (Lipinski definition) is 0. The van der Waals surface area contributed by atoms with E-state index < -0.39 is 0 Å². The maximum Gasteiger partial charge on any atom is -0.0104 e. The molecule has 1 fully saturated rings. The summed E-state index contributed by atoms with van der Waals surface area (Å²) in [5.41, 5.74) is 0.568. The van der Waals surface area contributed by atoms with Gasteiger partial charge in [0.1, 0.15) is 0 Å². The van der Waals surface area contributed by atoms with Crippen molar-refractivity contribution in [2.75, 3.05) is 0 Å². The van der Waals surface area contributed by atoms with Crippen molar-refractivity contribution in [3.8, 4) is 0 Å². The van der Waals surface area contributed by atoms with Gasteiger partial charge < -0.3 is 0 Å². The third-order valence-electron chi connectivity index (χ3n) is 3.95. The van der Waals surface area contributed by atoms with E-state index in [-0.39, 0.29) is 0 Å². The van der Waals surface area contributed by atoms with Gasteiger partial charge in [-0.25, -0.2) is 0 Å². The zero-order valence-corrected chi connectivity index (χ0v) is 6.96. The normalized spacial score (nSPS) is 57.4. The quantitative estimate of drug-likeness (QED) is 0.461. The van der Waals surface area contributed by atoms with E-state index in [1.54, 1.807) is 0 Å². The Balaban J connectivity index is 2.08. The predicted octanol–water partition coefficient (Wildman–Crippen LogP) is 2.77. The molecule has 0 spiro atoms. The molecule has 0 amide bonds. The largest absolute Gasteiger partial charge is 0.0879 e. The molecular formula is C11H14. The lowest BCUT2D eigenvalue weighted by Crippen LogP contribution is -2.21. The van der Waals surface area contributed by atoms with E-state index >= 15 is 0 Å². The number of rotatable bonds is 0. The van der Waals surface area contributed by atoms with Gasteiger partial charge in [-0.05, 0) is 36.0 Å². The highest BCUT2D eigenvalue weighted by Crippen LogP contribution is 2.59. The van der Waals surface area contributed by atoms with Crippen molar-refractivity contribution in [3.63, 3.8) is 0 Å². The van der Waals surface area contributed by atoms with Gasteiger partial charge in [0.05, 0.1) is 0 Å². The van der Waals surface area contributed by atoms with Gasteiger partial charge in [-0.3, -0.25) is 0 Å². The lowest BCUT2D eigenvalue weighted by atomic mass is 9.76. The van der Waals surface area contributed by atoms with E-state index in [9.17, 15) is 0 Å². The molecule has 0 aromatic heterocycles. The zero-order valence-electron chi connectivity index (χ0n) is 6.96. The van der Waals surface area contributed by atoms with Gasteiger partial charge in [0.15, 0.2) is 0 Å². The van der Waals surface area contributed by atoms with Crippen LogP contribution < -0.4 is 0 Å². The SMILES string of the molecule is C[C@]12C=C[C@H](C1)[C@H]1C=CC[C@H]12. The molecule has 0 radical (unpaired) electrons. The fourth-order valence-corrected chi connectivity index (χ4v) is 3.35. The van der Waals surface area contributed by atoms with Crippen LogP contribution in [0.1, 0.15) is 19.8 Å². The summed E-state index contributed by atoms with van der Waals surface area (Å²) in [6.45, 7) is 2.43. The molecule has 3 rings (SSSR count). The minimum absolute atomic E-state index is 0.568. The fraction of sp³-hybridized carbons (Fsp3) is 0.636. The van der Waals surface area contributed by atoms with Crippen molar-refractivity contribution in [3.05, 3.63) is 24.3 Å². The van der Waals surface area contributed by atoms with Gasteiger partial charge in [-0.15, -0.1) is 0 Å². The topological polar surface area (TPSA) is 0 Å². The Hall–Kier alpha value is -0.520. The van der Waals surface area contributed by atoms with Crippen LogP contribution in [0.2, 0.25) is 0 Å². The van der Waals surface area contributed by atoms with Gasteiger partial charge in [0.2, 0.25) is 0 Å². The third kappa shape index (κ3) is 0.571. The number of fused-ring (bicyclic) bond motifs is 5. The van der Waals surface area contributed by atoms with Crippen LogP contribution in [0.3, 0.4) is 0 Å². The van der Waals surface area contributed by atoms with E-state index in [1.165, 1.54) is 12.8 Å². The first-order valence-corrected chi connectivity index (χ1v) is 4.66. The Morgan fingerprint density at radius 3 is 3.09 bits per heavy atom. The van der Waals surface area contributed by atoms with Crippen molar-refractivity contribution in [1.29, 1.82) is 0 Å². The Labute approximate surface area is 68.0 Å². The third-order valence-corrected chi connectivity index (χ3v) is 3.95. The van der Waals surface area contributed by atoms with Crippen LogP contribution in [0.4, 0.5) is 0 Å². The number of allylic oxidation sites excluding steroid dienone is 4. The van der Waals surface area contributed by atoms with Crippen LogP contribution in [-0.4, -0.2) is 0 Å². The first-order chi connectivity index (χ1) is 5.30. The van der Waals surface area contributed by atoms with Gasteiger partial charge in [0.25, 0.3) is 0 Å². The van der Waals surface area contributed by atoms with Crippen LogP contribution in [0.25, 0.3) is 0 Å². The highest BCUT2D eigenvalue weighted by molar-refractivity contribution is 5.26. The Bertz CT molecular complexity index is 249. The second kappa shape index (κ2) is 1.63. The van der Waals surface area contributed by atoms with Crippen LogP contribution in [-0.2, 0) is 0 Å². The zero-order chi connectivity index (χ0) is 7.47. The molecule has 0 aliphatic heterocycles. The monoisotopic (exact) mass is 146 g/mol. The average molecular weight is 146 g/mol. The van der Waals surface area contributed by atoms with Crippen molar-refractivity contribution >= 4 is 0 Å². The van der Waals surface area contributed by atoms with Crippen LogP contribution in [0.15, 0.2) is 24.3 Å². The minimum Gasteiger partial charge on any atom is -0.0879 e. The predicted molar refractivity (Wildman–Crippen MR) is 46.1 cm³/mol. The fourth-order valence-electron chi connectivity index (χ4n) is 3.35. The Kier molecular flexibility index (Phi) is 0.894. The van der Waals surface area contributed by atoms with Crippen LogP contribution in [0.5, 0.6) is 0 Å². The molecule has 0 aromatic carbocycles. The van der Waals surface area contributed by atoms with Gasteiger partial charge >= 0.3 is 0 Å². The molecule has 0 saturated heterocycles. The van der Waals surface area contributed by atoms with E-state index in [4.69, 9.17) is 0 Å². The summed E-state index contributed by atoms with van der Waals surface area (Å²) in [6, 6.07) is 0. The molecule has 1 saturated carbocycles. The molecule has 0 aromatic rings. The molecule has 0 N–H and O–H groups in total. The second-order valence-corrected chi connectivity index (χ2v) is 4.58. The highest BCUT2D eigenvalue weighted by atomic mass is 14.6. The summed E-state index contributed by atoms with van der Waals surface area (Å²) in [7, 11) is 0. The smallest absolute Gasteiger partial charge is 0.0104 e. The Morgan fingerprint density at radius 2 is 2.27 bits per heavy atom. The minimum atomic E-state index is 0.568. The molecule has 0 unspecified atom stereocenters. The standard InChI is InChI=1S/C11H14/c1-11-6-5-8(7-11)9-3-2-4-10(9)11/h2-3,5-6,8-10H,4,7H2,1H3/t8-,9-,10-,11+/m1/s1. The summed E-state index contributed by atoms with van der Waals surface area (Å²) in [5.74, 6) is 2.76. The summed E-state index contributed by atoms with van der Waals surface area (Å²) >= 11 is 0. The molecular weight excluding hydrogens is 132 g/mol. The first-order valence-electron chi connectivity index (χ1n) is 4.66. The van der Waals surface area contributed by atoms with Crippen molar-refractivity contribution in [1.82, 2.24) is 0 Å². The van der Waals surface area contributed by atoms with Crippen molar-refractivity contribution in [2.24, 2.45) is 23.2 Å². The summed E-state index contributed by atoms with van der Waals surface area (Å²) in [6.07, 6.45) is 12.5. The second-order valence-electron chi connectivity index (χ2n) is 4.58. The van der Waals surface area contributed by atoms with Crippen LogP contribution >= 0.6 is 0 Å². The molecule has 0 heteroatoms. The van der Waals surface area contributed by atoms with Crippen molar-refractivity contribution in [2.45, 2.75) is 19.8 Å². The number of hydrogen-bond acceptors (Lipinski definition) is 0. The molecule has 0 heterocycles. The Morgan fingerprint density at radius 1 is 1.36 bits per heavy atom. The van der Waals surface area contributed by atoms with E-state index in [0.29, 0.717) is 5.41 Å². The van der Waals surface area contributed by atoms with Crippen LogP contribution in [0, 0.1) is 23.2 Å².